The molecule has 0 aromatic heterocycles. The van der Waals surface area contributed by atoms with Crippen molar-refractivity contribution in [2.24, 2.45) is 0 Å². The van der Waals surface area contributed by atoms with Gasteiger partial charge in [0.25, 0.3) is 0 Å². The van der Waals surface area contributed by atoms with Crippen molar-refractivity contribution in [1.29, 1.82) is 0 Å². The molecule has 99 heavy (non-hydrogen) atoms. The van der Waals surface area contributed by atoms with Crippen LogP contribution in [-0.4, -0.2) is 100 Å². The number of aliphatic hydroxyl groups excluding tert-OH is 5. The molecule has 7 atom stereocenters. The lowest BCUT2D eigenvalue weighted by Gasteiger charge is -2.40. The lowest BCUT2D eigenvalue weighted by Crippen LogP contribution is -2.60. The van der Waals surface area contributed by atoms with E-state index in [0.717, 1.165) is 83.5 Å². The van der Waals surface area contributed by atoms with Gasteiger partial charge in [0, 0.05) is 12.8 Å². The van der Waals surface area contributed by atoms with Crippen molar-refractivity contribution in [3.8, 4) is 0 Å². The van der Waals surface area contributed by atoms with Gasteiger partial charge in [-0.3, -0.25) is 9.59 Å². The fraction of sp³-hybridized carbons (Fsp3) is 0.818. The van der Waals surface area contributed by atoms with Crippen molar-refractivity contribution in [3.63, 3.8) is 0 Å². The predicted molar refractivity (Wildman–Crippen MR) is 421 cm³/mol. The van der Waals surface area contributed by atoms with E-state index in [9.17, 15) is 35.1 Å². The van der Waals surface area contributed by atoms with Crippen molar-refractivity contribution in [3.05, 3.63) is 85.1 Å². The smallest absolute Gasteiger partial charge is 0.305 e. The van der Waals surface area contributed by atoms with Gasteiger partial charge in [-0.05, 0) is 122 Å². The first-order valence-corrected chi connectivity index (χ1v) is 42.4. The highest BCUT2D eigenvalue weighted by Crippen LogP contribution is 2.24. The van der Waals surface area contributed by atoms with Crippen LogP contribution in [0.5, 0.6) is 0 Å². The molecule has 1 saturated heterocycles. The van der Waals surface area contributed by atoms with Gasteiger partial charge in [0.15, 0.2) is 6.29 Å². The van der Waals surface area contributed by atoms with E-state index in [1.54, 1.807) is 6.08 Å². The van der Waals surface area contributed by atoms with Gasteiger partial charge in [0.1, 0.15) is 24.4 Å². The third kappa shape index (κ3) is 64.2. The number of aliphatic hydroxyl groups is 5. The summed E-state index contributed by atoms with van der Waals surface area (Å²) in [5, 5.41) is 54.6. The normalized spacial score (nSPS) is 17.6. The monoisotopic (exact) mass is 1390 g/mol. The zero-order chi connectivity index (χ0) is 71.5. The van der Waals surface area contributed by atoms with Gasteiger partial charge in [0.2, 0.25) is 5.91 Å². The summed E-state index contributed by atoms with van der Waals surface area (Å²) >= 11 is 0. The lowest BCUT2D eigenvalue weighted by atomic mass is 9.99. The molecule has 0 spiro atoms. The van der Waals surface area contributed by atoms with Crippen molar-refractivity contribution in [1.82, 2.24) is 5.32 Å². The number of nitrogens with one attached hydrogen (secondary N) is 1. The molecule has 0 aromatic rings. The van der Waals surface area contributed by atoms with Crippen LogP contribution in [0.2, 0.25) is 0 Å². The van der Waals surface area contributed by atoms with Gasteiger partial charge in [-0.1, -0.05) is 349 Å². The van der Waals surface area contributed by atoms with Crippen molar-refractivity contribution >= 4 is 11.9 Å². The van der Waals surface area contributed by atoms with Gasteiger partial charge in [-0.15, -0.1) is 0 Å². The van der Waals surface area contributed by atoms with Crippen LogP contribution in [-0.2, 0) is 23.8 Å². The van der Waals surface area contributed by atoms with E-state index in [2.05, 4.69) is 92.1 Å². The Morgan fingerprint density at radius 1 is 0.374 bits per heavy atom. The topological polar surface area (TPSA) is 175 Å². The summed E-state index contributed by atoms with van der Waals surface area (Å²) in [6, 6.07) is -0.835. The fourth-order valence-corrected chi connectivity index (χ4v) is 13.1. The van der Waals surface area contributed by atoms with Crippen LogP contribution in [0.4, 0.5) is 0 Å². The maximum Gasteiger partial charge on any atom is 0.305 e. The maximum atomic E-state index is 13.1. The van der Waals surface area contributed by atoms with Crippen LogP contribution in [0, 0.1) is 0 Å². The summed E-state index contributed by atoms with van der Waals surface area (Å²) in [7, 11) is 0. The Bertz CT molecular complexity index is 1930. The average molecular weight is 1390 g/mol. The number of carbonyl (C=O) groups excluding carboxylic acids is 2. The highest BCUT2D eigenvalue weighted by molar-refractivity contribution is 5.76. The van der Waals surface area contributed by atoms with E-state index in [1.165, 1.54) is 289 Å². The molecular formula is C88H159NO10. The van der Waals surface area contributed by atoms with Crippen LogP contribution < -0.4 is 5.32 Å². The largest absolute Gasteiger partial charge is 0.466 e. The Labute approximate surface area is 610 Å². The number of esters is 1. The number of allylic oxidation sites excluding steroid dienone is 13. The molecule has 1 aliphatic heterocycles. The first-order chi connectivity index (χ1) is 48.7. The van der Waals surface area contributed by atoms with Gasteiger partial charge in [0.05, 0.1) is 32.0 Å². The number of amides is 1. The standard InChI is InChI=1S/C88H159NO10/c1-3-5-7-9-11-13-15-17-19-43-48-52-56-60-64-68-72-76-84(93)97-77-73-69-65-61-57-53-49-45-42-40-38-36-34-32-30-28-26-24-22-20-21-23-25-27-29-31-33-35-37-39-41-44-47-51-55-59-63-67-71-75-83(92)89-80(79-98-88-87(96)86(95)85(94)82(78-90)99-88)81(91)74-70-66-62-58-54-50-46-18-16-14-12-10-8-6-4-2/h11,13,16-21,24,26,54,58,70,74,80-82,85-88,90-91,94-96H,3-10,12,14-15,22-23,25,27-53,55-57,59-69,71-73,75-79H2,1-2H3,(H,89,92)/b13-11-,18-16+,19-17-,21-20-,26-24-,58-54+,74-70+. The molecule has 0 bridgehead atoms. The molecule has 0 aromatic carbocycles. The Hall–Kier alpha value is -3.16. The highest BCUT2D eigenvalue weighted by Gasteiger charge is 2.44. The summed E-state index contributed by atoms with van der Waals surface area (Å²) in [6.07, 6.45) is 96.3. The molecular weight excluding hydrogens is 1230 g/mol. The SMILES string of the molecule is CCCCC/C=C\C/C=C\CCCCCCCCCC(=O)OCCCCCCCCCCCCCCCCC/C=C\C/C=C\CCCCCCCCCCCCCCCCCCCC(=O)NC(COC1OC(CO)C(O)C(O)C1O)C(O)/C=C/CC/C=C/CC/C=C/CCCCCCC. The molecule has 11 heteroatoms. The maximum absolute atomic E-state index is 13.1. The Morgan fingerprint density at radius 3 is 1.08 bits per heavy atom. The number of hydrogen-bond donors (Lipinski definition) is 6. The van der Waals surface area contributed by atoms with Gasteiger partial charge < -0.3 is 45.1 Å². The number of carbonyl (C=O) groups is 2. The minimum atomic E-state index is -1.58. The average Bonchev–Trinajstić information content (AvgIpc) is 0.827. The van der Waals surface area contributed by atoms with Crippen LogP contribution in [0.1, 0.15) is 399 Å². The van der Waals surface area contributed by atoms with Gasteiger partial charge >= 0.3 is 5.97 Å². The first-order valence-electron chi connectivity index (χ1n) is 42.4. The minimum Gasteiger partial charge on any atom is -0.466 e. The quantitative estimate of drug-likeness (QED) is 0.0195. The summed E-state index contributed by atoms with van der Waals surface area (Å²) < 4.78 is 16.8. The number of ether oxygens (including phenoxy) is 3. The van der Waals surface area contributed by atoms with Crippen LogP contribution in [0.3, 0.4) is 0 Å². The van der Waals surface area contributed by atoms with E-state index >= 15 is 0 Å². The van der Waals surface area contributed by atoms with Gasteiger partial charge in [-0.2, -0.15) is 0 Å². The number of unbranched alkanes of at least 4 members (excludes halogenated alkanes) is 49. The molecule has 1 heterocycles. The molecule has 1 fully saturated rings. The highest BCUT2D eigenvalue weighted by atomic mass is 16.7. The molecule has 1 amide bonds. The first kappa shape index (κ1) is 93.9. The summed E-state index contributed by atoms with van der Waals surface area (Å²) in [6.45, 7) is 4.32. The molecule has 576 valence electrons. The Morgan fingerprint density at radius 2 is 0.687 bits per heavy atom. The number of hydrogen-bond acceptors (Lipinski definition) is 10. The molecule has 0 saturated carbocycles. The molecule has 7 unspecified atom stereocenters. The van der Waals surface area contributed by atoms with E-state index in [-0.39, 0.29) is 18.5 Å². The van der Waals surface area contributed by atoms with E-state index in [0.29, 0.717) is 19.4 Å². The molecule has 1 aliphatic rings. The van der Waals surface area contributed by atoms with E-state index < -0.39 is 49.5 Å². The Kier molecular flexibility index (Phi) is 72.0. The van der Waals surface area contributed by atoms with Crippen molar-refractivity contribution in [2.75, 3.05) is 19.8 Å². The zero-order valence-electron chi connectivity index (χ0n) is 64.4. The van der Waals surface area contributed by atoms with Crippen molar-refractivity contribution in [2.45, 2.75) is 442 Å². The van der Waals surface area contributed by atoms with Crippen LogP contribution in [0.15, 0.2) is 85.1 Å². The van der Waals surface area contributed by atoms with Crippen LogP contribution in [0.25, 0.3) is 0 Å². The summed E-state index contributed by atoms with van der Waals surface area (Å²) in [5.41, 5.74) is 0. The third-order valence-electron chi connectivity index (χ3n) is 19.7. The predicted octanol–water partition coefficient (Wildman–Crippen LogP) is 23.5. The lowest BCUT2D eigenvalue weighted by molar-refractivity contribution is -0.302. The second-order valence-corrected chi connectivity index (χ2v) is 29.2. The van der Waals surface area contributed by atoms with Crippen molar-refractivity contribution < 1.29 is 49.3 Å². The fourth-order valence-electron chi connectivity index (χ4n) is 13.1. The zero-order valence-corrected chi connectivity index (χ0v) is 64.4. The summed E-state index contributed by atoms with van der Waals surface area (Å²) in [5.74, 6) is -0.186. The minimum absolute atomic E-state index is 0.00652. The second kappa shape index (κ2) is 76.0. The molecule has 6 N–H and O–H groups in total. The Balaban J connectivity index is 1.91. The molecule has 0 aliphatic carbocycles. The molecule has 1 rings (SSSR count). The van der Waals surface area contributed by atoms with Gasteiger partial charge in [-0.25, -0.2) is 0 Å². The second-order valence-electron chi connectivity index (χ2n) is 29.2. The van der Waals surface area contributed by atoms with E-state index in [1.807, 2.05) is 6.08 Å². The summed E-state index contributed by atoms with van der Waals surface area (Å²) in [4.78, 5) is 25.2. The van der Waals surface area contributed by atoms with Crippen LogP contribution >= 0.6 is 0 Å². The number of rotatable bonds is 75. The molecule has 0 radical (unpaired) electrons. The molecule has 11 nitrogen and oxygen atoms in total. The third-order valence-corrected chi connectivity index (χ3v) is 19.7. The van der Waals surface area contributed by atoms with E-state index in [4.69, 9.17) is 14.2 Å².